The SMILES string of the molecule is CNCC[C@@H](C)N. The lowest BCUT2D eigenvalue weighted by molar-refractivity contribution is 0.627. The van der Waals surface area contributed by atoms with Crippen molar-refractivity contribution >= 4 is 0 Å². The molecule has 0 aromatic rings. The number of hydrogen-bond donors (Lipinski definition) is 2. The summed E-state index contributed by atoms with van der Waals surface area (Å²) < 4.78 is 0. The molecule has 0 saturated heterocycles. The van der Waals surface area contributed by atoms with E-state index in [1.165, 1.54) is 0 Å². The summed E-state index contributed by atoms with van der Waals surface area (Å²) in [6, 6.07) is 0.340. The highest BCUT2D eigenvalue weighted by atomic mass is 14.8. The molecule has 1 atom stereocenters. The summed E-state index contributed by atoms with van der Waals surface area (Å²) in [5.41, 5.74) is 5.44. The first-order chi connectivity index (χ1) is 3.27. The fraction of sp³-hybridized carbons (Fsp3) is 1.00. The quantitative estimate of drug-likeness (QED) is 0.524. The van der Waals surface area contributed by atoms with Gasteiger partial charge in [0.1, 0.15) is 0 Å². The maximum absolute atomic E-state index is 5.44. The Hall–Kier alpha value is -0.0800. The van der Waals surface area contributed by atoms with Gasteiger partial charge in [0.05, 0.1) is 0 Å². The van der Waals surface area contributed by atoms with E-state index in [2.05, 4.69) is 5.32 Å². The minimum Gasteiger partial charge on any atom is -0.328 e. The molecule has 0 aromatic carbocycles. The van der Waals surface area contributed by atoms with Gasteiger partial charge in [0, 0.05) is 6.04 Å². The van der Waals surface area contributed by atoms with Crippen LogP contribution in [-0.4, -0.2) is 19.6 Å². The summed E-state index contributed by atoms with van der Waals surface area (Å²) in [4.78, 5) is 0. The first-order valence-corrected chi connectivity index (χ1v) is 2.67. The van der Waals surface area contributed by atoms with E-state index in [0.29, 0.717) is 6.04 Å². The van der Waals surface area contributed by atoms with E-state index < -0.39 is 0 Å². The Morgan fingerprint density at radius 1 is 1.71 bits per heavy atom. The van der Waals surface area contributed by atoms with Gasteiger partial charge in [-0.25, -0.2) is 0 Å². The molecule has 44 valence electrons. The molecule has 0 aliphatic carbocycles. The number of hydrogen-bond acceptors (Lipinski definition) is 2. The Morgan fingerprint density at radius 2 is 2.29 bits per heavy atom. The third kappa shape index (κ3) is 5.92. The molecule has 0 aromatic heterocycles. The van der Waals surface area contributed by atoms with Crippen LogP contribution in [0.4, 0.5) is 0 Å². The van der Waals surface area contributed by atoms with Crippen molar-refractivity contribution in [3.63, 3.8) is 0 Å². The van der Waals surface area contributed by atoms with Crippen molar-refractivity contribution in [2.45, 2.75) is 19.4 Å². The third-order valence-corrected chi connectivity index (χ3v) is 0.850. The van der Waals surface area contributed by atoms with Gasteiger partial charge in [-0.1, -0.05) is 0 Å². The fourth-order valence-corrected chi connectivity index (χ4v) is 0.372. The summed E-state index contributed by atoms with van der Waals surface area (Å²) in [5.74, 6) is 0. The zero-order chi connectivity index (χ0) is 5.70. The Morgan fingerprint density at radius 3 is 2.43 bits per heavy atom. The zero-order valence-corrected chi connectivity index (χ0v) is 5.07. The molecule has 0 bridgehead atoms. The highest BCUT2D eigenvalue weighted by molar-refractivity contribution is 4.52. The van der Waals surface area contributed by atoms with Gasteiger partial charge in [0.15, 0.2) is 0 Å². The van der Waals surface area contributed by atoms with Gasteiger partial charge in [0.2, 0.25) is 0 Å². The molecule has 0 unspecified atom stereocenters. The highest BCUT2D eigenvalue weighted by Gasteiger charge is 1.88. The van der Waals surface area contributed by atoms with Crippen molar-refractivity contribution in [1.82, 2.24) is 5.32 Å². The van der Waals surface area contributed by atoms with Crippen LogP contribution in [0.2, 0.25) is 0 Å². The van der Waals surface area contributed by atoms with Gasteiger partial charge in [-0.05, 0) is 26.9 Å². The summed E-state index contributed by atoms with van der Waals surface area (Å²) in [6.45, 7) is 3.04. The first kappa shape index (κ1) is 6.92. The number of rotatable bonds is 3. The standard InChI is InChI=1S/C5H14N2/c1-5(6)3-4-7-2/h5,7H,3-4,6H2,1-2H3/t5-/m1/s1. The molecule has 2 nitrogen and oxygen atoms in total. The summed E-state index contributed by atoms with van der Waals surface area (Å²) in [5, 5.41) is 3.02. The second-order valence-corrected chi connectivity index (χ2v) is 1.87. The highest BCUT2D eigenvalue weighted by Crippen LogP contribution is 1.79. The van der Waals surface area contributed by atoms with Crippen LogP contribution in [0.5, 0.6) is 0 Å². The molecule has 0 rings (SSSR count). The molecular weight excluding hydrogens is 88.1 g/mol. The smallest absolute Gasteiger partial charge is 0.00225 e. The molecule has 0 aliphatic heterocycles. The lowest BCUT2D eigenvalue weighted by atomic mass is 10.2. The maximum Gasteiger partial charge on any atom is 0.00225 e. The van der Waals surface area contributed by atoms with Crippen molar-refractivity contribution < 1.29 is 0 Å². The normalized spacial score (nSPS) is 14.1. The molecule has 0 amide bonds. The monoisotopic (exact) mass is 102 g/mol. The third-order valence-electron chi connectivity index (χ3n) is 0.850. The van der Waals surface area contributed by atoms with Crippen LogP contribution in [0.3, 0.4) is 0 Å². The second-order valence-electron chi connectivity index (χ2n) is 1.87. The van der Waals surface area contributed by atoms with Crippen LogP contribution in [0.25, 0.3) is 0 Å². The minimum absolute atomic E-state index is 0.340. The van der Waals surface area contributed by atoms with E-state index in [0.717, 1.165) is 13.0 Å². The first-order valence-electron chi connectivity index (χ1n) is 2.67. The maximum atomic E-state index is 5.44. The van der Waals surface area contributed by atoms with E-state index in [1.807, 2.05) is 14.0 Å². The van der Waals surface area contributed by atoms with Crippen molar-refractivity contribution in [1.29, 1.82) is 0 Å². The predicted molar refractivity (Wildman–Crippen MR) is 32.2 cm³/mol. The van der Waals surface area contributed by atoms with Gasteiger partial charge in [-0.2, -0.15) is 0 Å². The average Bonchev–Trinajstić information content (AvgIpc) is 1.61. The topological polar surface area (TPSA) is 38.0 Å². The van der Waals surface area contributed by atoms with E-state index in [9.17, 15) is 0 Å². The molecule has 0 aliphatic rings. The Bertz CT molecular complexity index is 35.1. The molecule has 3 N–H and O–H groups in total. The Balaban J connectivity index is 2.68. The molecule has 2 heteroatoms. The van der Waals surface area contributed by atoms with Crippen LogP contribution in [-0.2, 0) is 0 Å². The van der Waals surface area contributed by atoms with E-state index >= 15 is 0 Å². The van der Waals surface area contributed by atoms with E-state index in [-0.39, 0.29) is 0 Å². The molecule has 7 heavy (non-hydrogen) atoms. The molecule has 0 saturated carbocycles. The van der Waals surface area contributed by atoms with Crippen LogP contribution in [0.15, 0.2) is 0 Å². The van der Waals surface area contributed by atoms with Gasteiger partial charge in [-0.3, -0.25) is 0 Å². The van der Waals surface area contributed by atoms with Gasteiger partial charge < -0.3 is 11.1 Å². The van der Waals surface area contributed by atoms with Gasteiger partial charge in [0.25, 0.3) is 0 Å². The number of nitrogens with one attached hydrogen (secondary N) is 1. The van der Waals surface area contributed by atoms with Gasteiger partial charge in [-0.15, -0.1) is 0 Å². The van der Waals surface area contributed by atoms with Crippen LogP contribution in [0, 0.1) is 0 Å². The summed E-state index contributed by atoms with van der Waals surface area (Å²) in [7, 11) is 1.93. The fourth-order valence-electron chi connectivity index (χ4n) is 0.372. The van der Waals surface area contributed by atoms with E-state index in [1.54, 1.807) is 0 Å². The predicted octanol–water partition coefficient (Wildman–Crippen LogP) is -0.0569. The second kappa shape index (κ2) is 4.09. The van der Waals surface area contributed by atoms with Gasteiger partial charge >= 0.3 is 0 Å². The number of nitrogens with two attached hydrogens (primary N) is 1. The molecule has 0 heterocycles. The van der Waals surface area contributed by atoms with Crippen LogP contribution >= 0.6 is 0 Å². The lowest BCUT2D eigenvalue weighted by Gasteiger charge is -2.00. The minimum atomic E-state index is 0.340. The summed E-state index contributed by atoms with van der Waals surface area (Å²) >= 11 is 0. The largest absolute Gasteiger partial charge is 0.328 e. The molecular formula is C5H14N2. The van der Waals surface area contributed by atoms with Crippen LogP contribution < -0.4 is 11.1 Å². The van der Waals surface area contributed by atoms with Crippen molar-refractivity contribution in [3.8, 4) is 0 Å². The average molecular weight is 102 g/mol. The molecule has 0 fully saturated rings. The van der Waals surface area contributed by atoms with Crippen molar-refractivity contribution in [2.75, 3.05) is 13.6 Å². The zero-order valence-electron chi connectivity index (χ0n) is 5.07. The molecule has 0 radical (unpaired) electrons. The van der Waals surface area contributed by atoms with Crippen molar-refractivity contribution in [2.24, 2.45) is 5.73 Å². The lowest BCUT2D eigenvalue weighted by Crippen LogP contribution is -2.21. The van der Waals surface area contributed by atoms with Crippen LogP contribution in [0.1, 0.15) is 13.3 Å². The molecule has 0 spiro atoms. The Kier molecular flexibility index (Phi) is 4.04. The summed E-state index contributed by atoms with van der Waals surface area (Å²) in [6.07, 6.45) is 1.07. The van der Waals surface area contributed by atoms with E-state index in [4.69, 9.17) is 5.73 Å². The van der Waals surface area contributed by atoms with Crippen molar-refractivity contribution in [3.05, 3.63) is 0 Å². The Labute approximate surface area is 45.1 Å².